The zero-order valence-electron chi connectivity index (χ0n) is 22.3. The van der Waals surface area contributed by atoms with Crippen LogP contribution in [0.15, 0.2) is 51.8 Å². The second-order valence-electron chi connectivity index (χ2n) is 8.71. The zero-order valence-corrected chi connectivity index (χ0v) is 22.3. The van der Waals surface area contributed by atoms with E-state index in [1.807, 2.05) is 13.8 Å². The van der Waals surface area contributed by atoms with Gasteiger partial charge in [0, 0.05) is 23.2 Å². The molecule has 0 bridgehead atoms. The number of pyridine rings is 1. The lowest BCUT2D eigenvalue weighted by Gasteiger charge is -2.12. The number of aromatic nitrogens is 1. The number of halogens is 3. The van der Waals surface area contributed by atoms with E-state index in [9.17, 15) is 22.8 Å². The molecule has 0 radical (unpaired) electrons. The molecule has 0 aliphatic carbocycles. The summed E-state index contributed by atoms with van der Waals surface area (Å²) in [6.07, 6.45) is -2.53. The van der Waals surface area contributed by atoms with Gasteiger partial charge < -0.3 is 28.1 Å². The molecule has 0 N–H and O–H groups in total. The van der Waals surface area contributed by atoms with E-state index in [4.69, 9.17) is 28.1 Å². The highest BCUT2D eigenvalue weighted by atomic mass is 19.4. The van der Waals surface area contributed by atoms with E-state index in [1.165, 1.54) is 36.5 Å². The molecule has 12 heteroatoms. The normalized spacial score (nSPS) is 12.4. The van der Waals surface area contributed by atoms with Gasteiger partial charge in [0.15, 0.2) is 0 Å². The molecule has 218 valence electrons. The van der Waals surface area contributed by atoms with Crippen LogP contribution in [0.4, 0.5) is 13.2 Å². The van der Waals surface area contributed by atoms with E-state index in [2.05, 4.69) is 4.98 Å². The van der Waals surface area contributed by atoms with Crippen LogP contribution in [0, 0.1) is 5.92 Å². The van der Waals surface area contributed by atoms with Crippen LogP contribution in [0.2, 0.25) is 0 Å². The van der Waals surface area contributed by atoms with Gasteiger partial charge in [-0.05, 0) is 18.6 Å². The molecule has 1 unspecified atom stereocenters. The maximum Gasteiger partial charge on any atom is 0.417 e. The van der Waals surface area contributed by atoms with Crippen molar-refractivity contribution < 1.29 is 46.1 Å². The Morgan fingerprint density at radius 1 is 0.925 bits per heavy atom. The first-order valence-corrected chi connectivity index (χ1v) is 12.8. The predicted molar refractivity (Wildman–Crippen MR) is 139 cm³/mol. The van der Waals surface area contributed by atoms with Gasteiger partial charge in [-0.3, -0.25) is 4.79 Å². The average molecular weight is 568 g/mol. The largest absolute Gasteiger partial charge is 0.475 e. The number of nitrogens with zero attached hydrogens (tertiary/aromatic N) is 1. The summed E-state index contributed by atoms with van der Waals surface area (Å²) >= 11 is 0. The Kier molecular flexibility index (Phi) is 11.9. The Bertz CT molecular complexity index is 1290. The Labute approximate surface area is 229 Å². The third kappa shape index (κ3) is 9.32. The second-order valence-corrected chi connectivity index (χ2v) is 8.71. The van der Waals surface area contributed by atoms with Crippen LogP contribution in [0.1, 0.15) is 25.8 Å². The lowest BCUT2D eigenvalue weighted by Crippen LogP contribution is -2.18. The molecule has 3 rings (SSSR count). The molecule has 0 saturated heterocycles. The van der Waals surface area contributed by atoms with Gasteiger partial charge in [-0.1, -0.05) is 32.0 Å². The minimum Gasteiger partial charge on any atom is -0.475 e. The van der Waals surface area contributed by atoms with Gasteiger partial charge in [0.2, 0.25) is 5.88 Å². The van der Waals surface area contributed by atoms with E-state index in [0.29, 0.717) is 38.4 Å². The van der Waals surface area contributed by atoms with Gasteiger partial charge in [0.05, 0.1) is 56.7 Å². The van der Waals surface area contributed by atoms with Gasteiger partial charge in [0.1, 0.15) is 18.8 Å². The number of hydrogen-bond donors (Lipinski definition) is 0. The summed E-state index contributed by atoms with van der Waals surface area (Å²) in [5.41, 5.74) is -2.17. The molecule has 9 nitrogen and oxygen atoms in total. The molecule has 0 amide bonds. The number of fused-ring (bicyclic) bond motifs is 1. The summed E-state index contributed by atoms with van der Waals surface area (Å²) in [6, 6.07) is 7.52. The van der Waals surface area contributed by atoms with E-state index in [0.717, 1.165) is 12.5 Å². The molecule has 0 fully saturated rings. The van der Waals surface area contributed by atoms with E-state index >= 15 is 0 Å². The summed E-state index contributed by atoms with van der Waals surface area (Å²) in [6.45, 7) is 6.09. The first-order valence-electron chi connectivity index (χ1n) is 12.8. The molecule has 3 aromatic rings. The zero-order chi connectivity index (χ0) is 29.0. The van der Waals surface area contributed by atoms with Crippen molar-refractivity contribution in [1.82, 2.24) is 4.98 Å². The van der Waals surface area contributed by atoms with Gasteiger partial charge in [-0.2, -0.15) is 13.2 Å². The van der Waals surface area contributed by atoms with Gasteiger partial charge in [-0.25, -0.2) is 9.78 Å². The molecule has 0 aliphatic rings. The lowest BCUT2D eigenvalue weighted by atomic mass is 10.00. The van der Waals surface area contributed by atoms with E-state index in [1.54, 1.807) is 0 Å². The molecule has 0 aliphatic heterocycles. The fourth-order valence-electron chi connectivity index (χ4n) is 3.48. The Morgan fingerprint density at radius 3 is 2.20 bits per heavy atom. The molecule has 2 heterocycles. The van der Waals surface area contributed by atoms with E-state index < -0.39 is 17.4 Å². The van der Waals surface area contributed by atoms with Crippen LogP contribution in [-0.4, -0.2) is 63.8 Å². The highest BCUT2D eigenvalue weighted by Gasteiger charge is 2.34. The van der Waals surface area contributed by atoms with E-state index in [-0.39, 0.29) is 54.3 Å². The standard InChI is InChI=1S/C28H32F3NO8/c1-3-19(2)26(33)39-15-13-37-11-9-35-8-10-36-12-14-38-25-17-24-20(18-32-25)16-22(27(34)40-24)21-6-4-5-7-23(21)28(29,30)31/h4-7,16-19H,3,8-15H2,1-2H3. The number of benzene rings is 1. The molecule has 0 saturated carbocycles. The molecule has 1 aromatic carbocycles. The predicted octanol–water partition coefficient (Wildman–Crippen LogP) is 4.89. The third-order valence-electron chi connectivity index (χ3n) is 5.82. The number of esters is 1. The van der Waals surface area contributed by atoms with Gasteiger partial charge >= 0.3 is 17.8 Å². The summed E-state index contributed by atoms with van der Waals surface area (Å²) in [7, 11) is 0. The first kappa shape index (κ1) is 31.1. The SMILES string of the molecule is CCC(C)C(=O)OCCOCCOCCOCCOc1cc2oc(=O)c(-c3ccccc3C(F)(F)F)cc2cn1. The average Bonchev–Trinajstić information content (AvgIpc) is 2.94. The number of carbonyl (C=O) groups excluding carboxylic acids is 1. The van der Waals surface area contributed by atoms with Gasteiger partial charge in [-0.15, -0.1) is 0 Å². The third-order valence-corrected chi connectivity index (χ3v) is 5.82. The summed E-state index contributed by atoms with van der Waals surface area (Å²) in [4.78, 5) is 28.1. The van der Waals surface area contributed by atoms with Crippen LogP contribution in [0.5, 0.6) is 5.88 Å². The Morgan fingerprint density at radius 2 is 1.55 bits per heavy atom. The van der Waals surface area contributed by atoms with Crippen LogP contribution >= 0.6 is 0 Å². The van der Waals surface area contributed by atoms with Crippen molar-refractivity contribution in [2.45, 2.75) is 26.4 Å². The second kappa shape index (κ2) is 15.3. The van der Waals surface area contributed by atoms with Gasteiger partial charge in [0.25, 0.3) is 0 Å². The fraction of sp³-hybridized carbons (Fsp3) is 0.464. The highest BCUT2D eigenvalue weighted by molar-refractivity contribution is 5.82. The van der Waals surface area contributed by atoms with Crippen LogP contribution in [0.3, 0.4) is 0 Å². The van der Waals surface area contributed by atoms with Crippen molar-refractivity contribution in [3.8, 4) is 17.0 Å². The minimum atomic E-state index is -4.62. The summed E-state index contributed by atoms with van der Waals surface area (Å²) in [5, 5.41) is 0.350. The van der Waals surface area contributed by atoms with Crippen LogP contribution in [0.25, 0.3) is 22.1 Å². The molecule has 1 atom stereocenters. The highest BCUT2D eigenvalue weighted by Crippen LogP contribution is 2.36. The fourth-order valence-corrected chi connectivity index (χ4v) is 3.48. The van der Waals surface area contributed by atoms with Crippen molar-refractivity contribution >= 4 is 16.9 Å². The molecule has 0 spiro atoms. The number of carbonyl (C=O) groups is 1. The van der Waals surface area contributed by atoms with Crippen molar-refractivity contribution in [2.75, 3.05) is 52.9 Å². The Hall–Kier alpha value is -3.48. The lowest BCUT2D eigenvalue weighted by molar-refractivity contribution is -0.149. The quantitative estimate of drug-likeness (QED) is 0.177. The summed E-state index contributed by atoms with van der Waals surface area (Å²) in [5.74, 6) is -0.170. The monoisotopic (exact) mass is 567 g/mol. The van der Waals surface area contributed by atoms with Crippen molar-refractivity contribution in [2.24, 2.45) is 5.92 Å². The summed E-state index contributed by atoms with van der Waals surface area (Å²) < 4.78 is 72.2. The van der Waals surface area contributed by atoms with Crippen molar-refractivity contribution in [3.05, 3.63) is 58.6 Å². The van der Waals surface area contributed by atoms with Crippen molar-refractivity contribution in [1.29, 1.82) is 0 Å². The maximum atomic E-state index is 13.4. The maximum absolute atomic E-state index is 13.4. The Balaban J connectivity index is 1.35. The number of rotatable bonds is 16. The number of ether oxygens (including phenoxy) is 5. The minimum absolute atomic E-state index is 0.116. The number of alkyl halides is 3. The molecule has 2 aromatic heterocycles. The molecule has 40 heavy (non-hydrogen) atoms. The van der Waals surface area contributed by atoms with Crippen LogP contribution in [-0.2, 0) is 29.9 Å². The first-order chi connectivity index (χ1) is 19.2. The molecular weight excluding hydrogens is 535 g/mol. The van der Waals surface area contributed by atoms with Crippen LogP contribution < -0.4 is 10.4 Å². The topological polar surface area (TPSA) is 106 Å². The number of hydrogen-bond acceptors (Lipinski definition) is 9. The van der Waals surface area contributed by atoms with Crippen molar-refractivity contribution in [3.63, 3.8) is 0 Å². The molecular formula is C28H32F3NO8. The smallest absolute Gasteiger partial charge is 0.417 e.